The molecule has 1 aromatic rings. The molecule has 1 saturated heterocycles. The Morgan fingerprint density at radius 2 is 1.92 bits per heavy atom. The smallest absolute Gasteiger partial charge is 0.407 e. The first-order valence-corrected chi connectivity index (χ1v) is 9.54. The third-order valence-corrected chi connectivity index (χ3v) is 4.62. The summed E-state index contributed by atoms with van der Waals surface area (Å²) in [7, 11) is 0. The van der Waals surface area contributed by atoms with Crippen LogP contribution in [0.2, 0.25) is 0 Å². The maximum Gasteiger partial charge on any atom is 0.407 e. The van der Waals surface area contributed by atoms with Crippen molar-refractivity contribution >= 4 is 27.9 Å². The molecular formula is C18H26BrN3O4. The molecule has 0 saturated carbocycles. The number of piperidine rings is 1. The summed E-state index contributed by atoms with van der Waals surface area (Å²) in [6.07, 6.45) is 2.84. The fourth-order valence-electron chi connectivity index (χ4n) is 2.80. The number of hydrogen-bond donors (Lipinski definition) is 1. The zero-order valence-corrected chi connectivity index (χ0v) is 17.0. The van der Waals surface area contributed by atoms with Gasteiger partial charge in [-0.2, -0.15) is 0 Å². The lowest BCUT2D eigenvalue weighted by Crippen LogP contribution is -2.44. The van der Waals surface area contributed by atoms with E-state index in [0.717, 1.165) is 17.3 Å². The normalized spacial score (nSPS) is 15.6. The minimum absolute atomic E-state index is 0.0408. The number of halogens is 1. The number of alkyl carbamates (subject to hydrolysis) is 1. The monoisotopic (exact) mass is 427 g/mol. The van der Waals surface area contributed by atoms with Crippen LogP contribution in [0.5, 0.6) is 0 Å². The van der Waals surface area contributed by atoms with Gasteiger partial charge in [-0.25, -0.2) is 4.79 Å². The molecule has 8 heteroatoms. The van der Waals surface area contributed by atoms with E-state index in [1.54, 1.807) is 17.2 Å². The van der Waals surface area contributed by atoms with Crippen molar-refractivity contribution in [2.24, 2.45) is 5.92 Å². The fourth-order valence-corrected chi connectivity index (χ4v) is 3.18. The van der Waals surface area contributed by atoms with E-state index in [9.17, 15) is 14.4 Å². The molecule has 2 heterocycles. The molecule has 0 radical (unpaired) electrons. The molecular weight excluding hydrogens is 402 g/mol. The number of carbonyl (C=O) groups excluding carboxylic acids is 2. The number of hydrogen-bond acceptors (Lipinski definition) is 4. The van der Waals surface area contributed by atoms with Gasteiger partial charge in [0.1, 0.15) is 12.1 Å². The minimum atomic E-state index is -0.510. The van der Waals surface area contributed by atoms with Gasteiger partial charge in [0.05, 0.1) is 0 Å². The summed E-state index contributed by atoms with van der Waals surface area (Å²) in [5.41, 5.74) is -0.706. The zero-order chi connectivity index (χ0) is 19.3. The lowest BCUT2D eigenvalue weighted by Gasteiger charge is -2.32. The van der Waals surface area contributed by atoms with Crippen LogP contribution in [0.1, 0.15) is 33.6 Å². The van der Waals surface area contributed by atoms with Gasteiger partial charge in [-0.3, -0.25) is 9.59 Å². The van der Waals surface area contributed by atoms with E-state index in [2.05, 4.69) is 21.2 Å². The molecule has 26 heavy (non-hydrogen) atoms. The maximum absolute atomic E-state index is 12.4. The average molecular weight is 428 g/mol. The van der Waals surface area contributed by atoms with Gasteiger partial charge in [-0.1, -0.05) is 0 Å². The van der Waals surface area contributed by atoms with Crippen LogP contribution in [0.15, 0.2) is 27.6 Å². The maximum atomic E-state index is 12.4. The minimum Gasteiger partial charge on any atom is -0.444 e. The van der Waals surface area contributed by atoms with Gasteiger partial charge in [0.2, 0.25) is 5.91 Å². The van der Waals surface area contributed by atoms with Crippen LogP contribution in [0.4, 0.5) is 4.79 Å². The highest BCUT2D eigenvalue weighted by atomic mass is 79.9. The van der Waals surface area contributed by atoms with E-state index in [1.165, 1.54) is 10.6 Å². The molecule has 7 nitrogen and oxygen atoms in total. The van der Waals surface area contributed by atoms with E-state index in [0.29, 0.717) is 25.6 Å². The Morgan fingerprint density at radius 3 is 2.54 bits per heavy atom. The highest BCUT2D eigenvalue weighted by Gasteiger charge is 2.24. The summed E-state index contributed by atoms with van der Waals surface area (Å²) in [5, 5.41) is 2.79. The number of nitrogens with zero attached hydrogens (tertiary/aromatic N) is 2. The van der Waals surface area contributed by atoms with Crippen LogP contribution in [-0.4, -0.2) is 46.7 Å². The van der Waals surface area contributed by atoms with Gasteiger partial charge in [0.15, 0.2) is 0 Å². The molecule has 1 aromatic heterocycles. The molecule has 1 aliphatic heterocycles. The second-order valence-electron chi connectivity index (χ2n) is 7.52. The Bertz CT molecular complexity index is 703. The van der Waals surface area contributed by atoms with Crippen molar-refractivity contribution in [3.8, 4) is 0 Å². The lowest BCUT2D eigenvalue weighted by molar-refractivity contribution is -0.133. The van der Waals surface area contributed by atoms with Crippen LogP contribution >= 0.6 is 15.9 Å². The average Bonchev–Trinajstić information content (AvgIpc) is 2.55. The first-order chi connectivity index (χ1) is 12.1. The number of carbonyl (C=O) groups is 2. The van der Waals surface area contributed by atoms with E-state index in [4.69, 9.17) is 4.74 Å². The van der Waals surface area contributed by atoms with Crippen molar-refractivity contribution in [3.05, 3.63) is 33.2 Å². The molecule has 0 bridgehead atoms. The second kappa shape index (κ2) is 8.70. The fraction of sp³-hybridized carbons (Fsp3) is 0.611. The van der Waals surface area contributed by atoms with Crippen molar-refractivity contribution in [2.45, 2.75) is 45.8 Å². The van der Waals surface area contributed by atoms with Crippen molar-refractivity contribution in [2.75, 3.05) is 19.6 Å². The van der Waals surface area contributed by atoms with Crippen LogP contribution < -0.4 is 10.9 Å². The van der Waals surface area contributed by atoms with Crippen LogP contribution in [0.25, 0.3) is 0 Å². The predicted molar refractivity (Wildman–Crippen MR) is 102 cm³/mol. The standard InChI is InChI=1S/C18H26BrN3O4/c1-18(2,3)26-17(25)20-10-13-6-8-21(9-7-13)16(24)12-22-11-14(19)4-5-15(22)23/h4-5,11,13H,6-10,12H2,1-3H3,(H,20,25). The lowest BCUT2D eigenvalue weighted by atomic mass is 9.97. The van der Waals surface area contributed by atoms with E-state index in [1.807, 2.05) is 20.8 Å². The van der Waals surface area contributed by atoms with Crippen LogP contribution in [0.3, 0.4) is 0 Å². The molecule has 2 rings (SSSR count). The van der Waals surface area contributed by atoms with Crippen LogP contribution in [-0.2, 0) is 16.1 Å². The summed E-state index contributed by atoms with van der Waals surface area (Å²) < 4.78 is 7.39. The van der Waals surface area contributed by atoms with Crippen molar-refractivity contribution in [3.63, 3.8) is 0 Å². The Hall–Kier alpha value is -1.83. The topological polar surface area (TPSA) is 80.6 Å². The molecule has 0 unspecified atom stereocenters. The third kappa shape index (κ3) is 6.48. The molecule has 1 fully saturated rings. The van der Waals surface area contributed by atoms with Crippen molar-refractivity contribution < 1.29 is 14.3 Å². The number of rotatable bonds is 4. The number of pyridine rings is 1. The van der Waals surface area contributed by atoms with Crippen LogP contribution in [0, 0.1) is 5.92 Å². The van der Waals surface area contributed by atoms with Gasteiger partial charge in [0.25, 0.3) is 5.56 Å². The Labute approximate surface area is 161 Å². The Balaban J connectivity index is 1.77. The van der Waals surface area contributed by atoms with E-state index >= 15 is 0 Å². The number of nitrogens with one attached hydrogen (secondary N) is 1. The summed E-state index contributed by atoms with van der Waals surface area (Å²) in [6, 6.07) is 3.10. The van der Waals surface area contributed by atoms with Gasteiger partial charge < -0.3 is 19.5 Å². The highest BCUT2D eigenvalue weighted by molar-refractivity contribution is 9.10. The molecule has 2 amide bonds. The molecule has 1 N–H and O–H groups in total. The SMILES string of the molecule is CC(C)(C)OC(=O)NCC1CCN(C(=O)Cn2cc(Br)ccc2=O)CC1. The molecule has 0 spiro atoms. The molecule has 0 aliphatic carbocycles. The molecule has 144 valence electrons. The summed E-state index contributed by atoms with van der Waals surface area (Å²) >= 11 is 3.31. The Kier molecular flexibility index (Phi) is 6.86. The second-order valence-corrected chi connectivity index (χ2v) is 8.44. The Morgan fingerprint density at radius 1 is 1.27 bits per heavy atom. The van der Waals surface area contributed by atoms with Crippen molar-refractivity contribution in [1.82, 2.24) is 14.8 Å². The number of ether oxygens (including phenoxy) is 1. The van der Waals surface area contributed by atoms with Crippen molar-refractivity contribution in [1.29, 1.82) is 0 Å². The highest BCUT2D eigenvalue weighted by Crippen LogP contribution is 2.17. The largest absolute Gasteiger partial charge is 0.444 e. The van der Waals surface area contributed by atoms with E-state index < -0.39 is 11.7 Å². The summed E-state index contributed by atoms with van der Waals surface area (Å²) in [4.78, 5) is 37.7. The number of amides is 2. The van der Waals surface area contributed by atoms with Gasteiger partial charge in [-0.15, -0.1) is 0 Å². The van der Waals surface area contributed by atoms with E-state index in [-0.39, 0.29) is 18.0 Å². The first kappa shape index (κ1) is 20.5. The summed E-state index contributed by atoms with van der Waals surface area (Å²) in [6.45, 7) is 7.32. The number of likely N-dealkylation sites (tertiary alicyclic amines) is 1. The van der Waals surface area contributed by atoms with Gasteiger partial charge in [0, 0.05) is 36.4 Å². The molecule has 1 aliphatic rings. The van der Waals surface area contributed by atoms with Gasteiger partial charge >= 0.3 is 6.09 Å². The third-order valence-electron chi connectivity index (χ3n) is 4.15. The summed E-state index contributed by atoms with van der Waals surface area (Å²) in [5.74, 6) is 0.254. The first-order valence-electron chi connectivity index (χ1n) is 8.74. The number of aromatic nitrogens is 1. The van der Waals surface area contributed by atoms with Gasteiger partial charge in [-0.05, 0) is 61.5 Å². The molecule has 0 atom stereocenters. The molecule has 0 aromatic carbocycles. The quantitative estimate of drug-likeness (QED) is 0.799. The zero-order valence-electron chi connectivity index (χ0n) is 15.5. The predicted octanol–water partition coefficient (Wildman–Crippen LogP) is 2.37.